The molecule has 2 aromatic heterocycles. The Labute approximate surface area is 130 Å². The van der Waals surface area contributed by atoms with Gasteiger partial charge in [0.2, 0.25) is 0 Å². The first-order valence-electron chi connectivity index (χ1n) is 6.29. The van der Waals surface area contributed by atoms with Crippen LogP contribution >= 0.6 is 11.3 Å². The normalized spacial score (nSPS) is 14.4. The zero-order valence-electron chi connectivity index (χ0n) is 11.8. The first kappa shape index (κ1) is 16.8. The molecular formula is C13H14F3N3OS2. The van der Waals surface area contributed by atoms with Crippen LogP contribution in [0.25, 0.3) is 0 Å². The van der Waals surface area contributed by atoms with Gasteiger partial charge in [-0.05, 0) is 12.5 Å². The van der Waals surface area contributed by atoms with Crippen molar-refractivity contribution in [3.63, 3.8) is 0 Å². The summed E-state index contributed by atoms with van der Waals surface area (Å²) in [5.41, 5.74) is 0.256. The van der Waals surface area contributed by atoms with E-state index in [0.717, 1.165) is 24.4 Å². The van der Waals surface area contributed by atoms with E-state index in [1.54, 1.807) is 0 Å². The summed E-state index contributed by atoms with van der Waals surface area (Å²) < 4.78 is 52.5. The SMILES string of the molecule is CCc1csc(NS(C)(=O)=Cc2ccc(C(F)(F)F)nc2)n1. The molecule has 0 aromatic carbocycles. The molecule has 4 nitrogen and oxygen atoms in total. The van der Waals surface area contributed by atoms with Crippen molar-refractivity contribution in [1.82, 2.24) is 9.97 Å². The number of rotatable bonds is 4. The van der Waals surface area contributed by atoms with Crippen LogP contribution in [-0.4, -0.2) is 25.8 Å². The lowest BCUT2D eigenvalue weighted by atomic mass is 10.3. The number of pyridine rings is 1. The molecule has 120 valence electrons. The van der Waals surface area contributed by atoms with E-state index in [4.69, 9.17) is 0 Å². The second-order valence-electron chi connectivity index (χ2n) is 4.60. The third kappa shape index (κ3) is 4.44. The van der Waals surface area contributed by atoms with Gasteiger partial charge in [-0.25, -0.2) is 9.19 Å². The Kier molecular flexibility index (Phi) is 4.76. The molecule has 0 saturated heterocycles. The van der Waals surface area contributed by atoms with Crippen LogP contribution in [-0.2, 0) is 22.3 Å². The highest BCUT2D eigenvalue weighted by Crippen LogP contribution is 2.27. The Hall–Kier alpha value is -1.61. The number of hydrogen-bond acceptors (Lipinski definition) is 4. The fourth-order valence-electron chi connectivity index (χ4n) is 1.62. The van der Waals surface area contributed by atoms with Crippen molar-refractivity contribution >= 4 is 31.5 Å². The molecule has 9 heteroatoms. The molecule has 0 amide bonds. The quantitative estimate of drug-likeness (QED) is 0.863. The first-order chi connectivity index (χ1) is 10.2. The molecule has 22 heavy (non-hydrogen) atoms. The van der Waals surface area contributed by atoms with Crippen molar-refractivity contribution in [2.75, 3.05) is 11.0 Å². The molecule has 0 bridgehead atoms. The van der Waals surface area contributed by atoms with Crippen LogP contribution in [0.1, 0.15) is 23.9 Å². The van der Waals surface area contributed by atoms with Crippen LogP contribution in [0, 0.1) is 0 Å². The van der Waals surface area contributed by atoms with E-state index in [1.807, 2.05) is 12.3 Å². The molecule has 0 spiro atoms. The van der Waals surface area contributed by atoms with Gasteiger partial charge in [0.05, 0.1) is 15.4 Å². The number of thiazole rings is 1. The van der Waals surface area contributed by atoms with Crippen LogP contribution in [0.5, 0.6) is 0 Å². The second kappa shape index (κ2) is 6.25. The molecule has 0 aliphatic rings. The van der Waals surface area contributed by atoms with E-state index in [9.17, 15) is 17.4 Å². The zero-order chi connectivity index (χ0) is 16.4. The molecule has 0 aliphatic carbocycles. The van der Waals surface area contributed by atoms with Gasteiger partial charge < -0.3 is 0 Å². The molecule has 2 aromatic rings. The minimum absolute atomic E-state index is 0.347. The molecule has 1 atom stereocenters. The summed E-state index contributed by atoms with van der Waals surface area (Å²) in [4.78, 5) is 7.58. The van der Waals surface area contributed by atoms with E-state index in [1.165, 1.54) is 29.0 Å². The largest absolute Gasteiger partial charge is 0.433 e. The molecule has 0 radical (unpaired) electrons. The number of aromatic nitrogens is 2. The predicted octanol–water partition coefficient (Wildman–Crippen LogP) is 3.21. The van der Waals surface area contributed by atoms with Crippen LogP contribution in [0.2, 0.25) is 0 Å². The maximum atomic E-state index is 12.5. The highest BCUT2D eigenvalue weighted by atomic mass is 32.2. The standard InChI is InChI=1S/C13H14F3N3OS2/c1-3-10-7-21-12(18-10)19-22(2,20)8-9-4-5-11(17-6-9)13(14,15)16/h4-8H,3H2,1-2H3,(H,18,19,20). The average Bonchev–Trinajstić information content (AvgIpc) is 2.84. The first-order valence-corrected chi connectivity index (χ1v) is 9.20. The van der Waals surface area contributed by atoms with E-state index in [-0.39, 0.29) is 0 Å². The Morgan fingerprint density at radius 1 is 1.41 bits per heavy atom. The smallest absolute Gasteiger partial charge is 0.288 e. The predicted molar refractivity (Wildman–Crippen MR) is 83.6 cm³/mol. The second-order valence-corrected chi connectivity index (χ2v) is 7.70. The van der Waals surface area contributed by atoms with Crippen molar-refractivity contribution < 1.29 is 17.4 Å². The van der Waals surface area contributed by atoms with Crippen LogP contribution in [0.15, 0.2) is 23.7 Å². The Morgan fingerprint density at radius 2 is 2.14 bits per heavy atom. The monoisotopic (exact) mass is 349 g/mol. The van der Waals surface area contributed by atoms with Crippen molar-refractivity contribution in [3.8, 4) is 0 Å². The number of nitrogens with one attached hydrogen (secondary N) is 1. The Bertz CT molecular complexity index is 760. The van der Waals surface area contributed by atoms with Gasteiger partial charge in [-0.3, -0.25) is 9.71 Å². The molecule has 2 heterocycles. The lowest BCUT2D eigenvalue weighted by Crippen LogP contribution is -2.14. The number of anilines is 1. The number of alkyl halides is 3. The molecule has 1 unspecified atom stereocenters. The average molecular weight is 349 g/mol. The highest BCUT2D eigenvalue weighted by Gasteiger charge is 2.31. The third-order valence-electron chi connectivity index (χ3n) is 2.64. The maximum Gasteiger partial charge on any atom is 0.433 e. The minimum atomic E-state index is -4.48. The number of halogens is 3. The van der Waals surface area contributed by atoms with Gasteiger partial charge in [-0.15, -0.1) is 11.3 Å². The van der Waals surface area contributed by atoms with Crippen molar-refractivity contribution in [2.45, 2.75) is 19.5 Å². The summed E-state index contributed by atoms with van der Waals surface area (Å²) in [6.07, 6.45) is -1.21. The van der Waals surface area contributed by atoms with Crippen LogP contribution < -0.4 is 4.72 Å². The summed E-state index contributed by atoms with van der Waals surface area (Å²) in [5.74, 6) is 0. The minimum Gasteiger partial charge on any atom is -0.288 e. The number of aryl methyl sites for hydroxylation is 1. The lowest BCUT2D eigenvalue weighted by molar-refractivity contribution is -0.141. The molecule has 1 N–H and O–H groups in total. The number of hydrogen-bond donors (Lipinski definition) is 1. The van der Waals surface area contributed by atoms with Gasteiger partial charge in [-0.2, -0.15) is 13.2 Å². The van der Waals surface area contributed by atoms with Crippen LogP contribution in [0.3, 0.4) is 0 Å². The van der Waals surface area contributed by atoms with Gasteiger partial charge in [0.1, 0.15) is 5.69 Å². The molecule has 0 fully saturated rings. The lowest BCUT2D eigenvalue weighted by Gasteiger charge is -2.07. The van der Waals surface area contributed by atoms with Crippen molar-refractivity contribution in [1.29, 1.82) is 0 Å². The van der Waals surface area contributed by atoms with Gasteiger partial charge in [-0.1, -0.05) is 13.0 Å². The van der Waals surface area contributed by atoms with Gasteiger partial charge in [0.25, 0.3) is 0 Å². The summed E-state index contributed by atoms with van der Waals surface area (Å²) >= 11 is 1.33. The fourth-order valence-corrected chi connectivity index (χ4v) is 4.06. The number of nitrogens with zero attached hydrogens (tertiary/aromatic N) is 2. The Morgan fingerprint density at radius 3 is 2.64 bits per heavy atom. The van der Waals surface area contributed by atoms with Crippen molar-refractivity contribution in [3.05, 3.63) is 40.7 Å². The van der Waals surface area contributed by atoms with Gasteiger partial charge in [0, 0.05) is 28.8 Å². The maximum absolute atomic E-state index is 12.5. The summed E-state index contributed by atoms with van der Waals surface area (Å²) in [7, 11) is -2.63. The third-order valence-corrected chi connectivity index (χ3v) is 4.90. The summed E-state index contributed by atoms with van der Waals surface area (Å²) in [6, 6.07) is 2.10. The highest BCUT2D eigenvalue weighted by molar-refractivity contribution is 8.02. The van der Waals surface area contributed by atoms with E-state index < -0.39 is 21.6 Å². The van der Waals surface area contributed by atoms with Gasteiger partial charge in [0.15, 0.2) is 5.13 Å². The molecule has 2 rings (SSSR count). The Balaban J connectivity index is 2.21. The van der Waals surface area contributed by atoms with Gasteiger partial charge >= 0.3 is 6.18 Å². The summed E-state index contributed by atoms with van der Waals surface area (Å²) in [5, 5.41) is 3.73. The zero-order valence-corrected chi connectivity index (χ0v) is 13.5. The molecule has 0 saturated carbocycles. The van der Waals surface area contributed by atoms with E-state index in [2.05, 4.69) is 14.7 Å². The molecular weight excluding hydrogens is 335 g/mol. The molecule has 0 aliphatic heterocycles. The fraction of sp³-hybridized carbons (Fsp3) is 0.308. The van der Waals surface area contributed by atoms with E-state index in [0.29, 0.717) is 10.7 Å². The van der Waals surface area contributed by atoms with E-state index >= 15 is 0 Å². The summed E-state index contributed by atoms with van der Waals surface area (Å²) in [6.45, 7) is 1.96. The van der Waals surface area contributed by atoms with Crippen LogP contribution in [0.4, 0.5) is 18.3 Å². The van der Waals surface area contributed by atoms with Crippen molar-refractivity contribution in [2.24, 2.45) is 0 Å². The topological polar surface area (TPSA) is 54.9 Å².